The Labute approximate surface area is 155 Å². The fraction of sp³-hybridized carbons (Fsp3) is 0.333. The van der Waals surface area contributed by atoms with Crippen molar-refractivity contribution in [1.82, 2.24) is 9.47 Å². The Morgan fingerprint density at radius 3 is 2.42 bits per heavy atom. The molecule has 8 heteroatoms. The molecule has 1 aliphatic rings. The summed E-state index contributed by atoms with van der Waals surface area (Å²) < 4.78 is 17.9. The number of carbonyl (C=O) groups excluding carboxylic acids is 2. The van der Waals surface area contributed by atoms with Crippen LogP contribution in [-0.2, 0) is 11.8 Å². The molecule has 0 bridgehead atoms. The van der Waals surface area contributed by atoms with Gasteiger partial charge in [-0.15, -0.1) is 0 Å². The summed E-state index contributed by atoms with van der Waals surface area (Å²) >= 11 is 5.90. The molecular formula is C18H19ClN2O5. The molecule has 7 nitrogen and oxygen atoms in total. The minimum atomic E-state index is -0.490. The monoisotopic (exact) mass is 378 g/mol. The number of hydrogen-bond acceptors (Lipinski definition) is 5. The fourth-order valence-electron chi connectivity index (χ4n) is 3.16. The lowest BCUT2D eigenvalue weighted by atomic mass is 10.2. The summed E-state index contributed by atoms with van der Waals surface area (Å²) in [6, 6.07) is 3.46. The normalized spacial score (nSPS) is 14.4. The van der Waals surface area contributed by atoms with Crippen LogP contribution in [0.1, 0.15) is 16.9 Å². The average Bonchev–Trinajstić information content (AvgIpc) is 2.98. The highest BCUT2D eigenvalue weighted by molar-refractivity contribution is 6.43. The van der Waals surface area contributed by atoms with Gasteiger partial charge in [-0.3, -0.25) is 14.5 Å². The van der Waals surface area contributed by atoms with Gasteiger partial charge in [0.1, 0.15) is 10.7 Å². The summed E-state index contributed by atoms with van der Waals surface area (Å²) in [4.78, 5) is 26.3. The molecule has 0 radical (unpaired) electrons. The number of aromatic nitrogens is 1. The molecule has 1 aliphatic heterocycles. The van der Waals surface area contributed by atoms with E-state index in [4.69, 9.17) is 25.8 Å². The van der Waals surface area contributed by atoms with Crippen LogP contribution in [0.4, 0.5) is 0 Å². The molecule has 0 unspecified atom stereocenters. The Bertz CT molecular complexity index is 932. The first kappa shape index (κ1) is 18.1. The van der Waals surface area contributed by atoms with E-state index in [-0.39, 0.29) is 5.03 Å². The van der Waals surface area contributed by atoms with E-state index in [2.05, 4.69) is 0 Å². The van der Waals surface area contributed by atoms with Crippen molar-refractivity contribution in [2.24, 2.45) is 7.05 Å². The number of ether oxygens (including phenoxy) is 3. The second kappa shape index (κ2) is 6.92. The van der Waals surface area contributed by atoms with Gasteiger partial charge in [-0.1, -0.05) is 17.7 Å². The molecule has 0 N–H and O–H groups in total. The molecule has 0 saturated carbocycles. The number of nitrogens with zero attached hydrogens (tertiary/aromatic N) is 2. The van der Waals surface area contributed by atoms with E-state index in [1.54, 1.807) is 29.8 Å². The number of methoxy groups -OCH3 is 3. The highest BCUT2D eigenvalue weighted by atomic mass is 35.5. The maximum Gasteiger partial charge on any atom is 0.277 e. The van der Waals surface area contributed by atoms with E-state index in [9.17, 15) is 9.59 Å². The van der Waals surface area contributed by atoms with Gasteiger partial charge in [0.25, 0.3) is 11.8 Å². The molecule has 138 valence electrons. The Morgan fingerprint density at radius 2 is 1.81 bits per heavy atom. The van der Waals surface area contributed by atoms with Gasteiger partial charge >= 0.3 is 0 Å². The maximum absolute atomic E-state index is 12.9. The Hall–Kier alpha value is -2.67. The third-order valence-electron chi connectivity index (χ3n) is 4.41. The summed E-state index contributed by atoms with van der Waals surface area (Å²) in [5.41, 5.74) is 1.01. The first-order valence-corrected chi connectivity index (χ1v) is 8.32. The largest absolute Gasteiger partial charge is 0.493 e. The Balaban J connectivity index is 2.17. The molecule has 0 aliphatic carbocycles. The number of hydrogen-bond donors (Lipinski definition) is 0. The zero-order valence-corrected chi connectivity index (χ0v) is 15.7. The van der Waals surface area contributed by atoms with Gasteiger partial charge < -0.3 is 18.8 Å². The molecule has 0 fully saturated rings. The third kappa shape index (κ3) is 2.68. The van der Waals surface area contributed by atoms with Gasteiger partial charge in [0.15, 0.2) is 11.5 Å². The highest BCUT2D eigenvalue weighted by Gasteiger charge is 2.30. The van der Waals surface area contributed by atoms with Crippen LogP contribution in [0, 0.1) is 0 Å². The van der Waals surface area contributed by atoms with Crippen molar-refractivity contribution in [2.45, 2.75) is 6.42 Å². The smallest absolute Gasteiger partial charge is 0.277 e. The van der Waals surface area contributed by atoms with Crippen LogP contribution < -0.4 is 14.2 Å². The zero-order valence-electron chi connectivity index (χ0n) is 15.0. The standard InChI is InChI=1S/C18H19ClN2O5/c1-20-12(18(23)21-7-5-6-11(19)17(21)22)8-10-9-13(24-2)15(25-3)16(26-4)14(10)20/h6,8-9H,5,7H2,1-4H3. The Morgan fingerprint density at radius 1 is 1.12 bits per heavy atom. The quantitative estimate of drug-likeness (QED) is 0.765. The highest BCUT2D eigenvalue weighted by Crippen LogP contribution is 2.44. The van der Waals surface area contributed by atoms with Crippen molar-refractivity contribution in [3.05, 3.63) is 28.9 Å². The fourth-order valence-corrected chi connectivity index (χ4v) is 3.37. The second-order valence-electron chi connectivity index (χ2n) is 5.77. The molecule has 3 rings (SSSR count). The number of rotatable bonds is 4. The minimum absolute atomic E-state index is 0.0595. The Kier molecular flexibility index (Phi) is 4.82. The van der Waals surface area contributed by atoms with Crippen molar-refractivity contribution in [3.8, 4) is 17.2 Å². The van der Waals surface area contributed by atoms with Crippen LogP contribution in [0.5, 0.6) is 17.2 Å². The van der Waals surface area contributed by atoms with Gasteiger partial charge in [0, 0.05) is 19.0 Å². The number of carbonyl (C=O) groups is 2. The summed E-state index contributed by atoms with van der Waals surface area (Å²) in [7, 11) is 6.29. The van der Waals surface area contributed by atoms with Crippen LogP contribution in [0.15, 0.2) is 23.2 Å². The molecule has 0 spiro atoms. The van der Waals surface area contributed by atoms with Crippen LogP contribution in [0.3, 0.4) is 0 Å². The van der Waals surface area contributed by atoms with Crippen molar-refractivity contribution in [1.29, 1.82) is 0 Å². The molecule has 2 amide bonds. The summed E-state index contributed by atoms with van der Waals surface area (Å²) in [5, 5.41) is 0.792. The lowest BCUT2D eigenvalue weighted by molar-refractivity contribution is -0.124. The molecule has 2 aromatic rings. The van der Waals surface area contributed by atoms with Crippen molar-refractivity contribution in [3.63, 3.8) is 0 Å². The molecule has 1 aromatic heterocycles. The number of imide groups is 1. The van der Waals surface area contributed by atoms with Crippen molar-refractivity contribution in [2.75, 3.05) is 27.9 Å². The van der Waals surface area contributed by atoms with E-state index >= 15 is 0 Å². The van der Waals surface area contributed by atoms with Gasteiger partial charge in [0.2, 0.25) is 5.75 Å². The molecule has 26 heavy (non-hydrogen) atoms. The average molecular weight is 379 g/mol. The van der Waals surface area contributed by atoms with Crippen molar-refractivity contribution < 1.29 is 23.8 Å². The third-order valence-corrected chi connectivity index (χ3v) is 4.73. The van der Waals surface area contributed by atoms with Crippen LogP contribution in [0.25, 0.3) is 10.9 Å². The van der Waals surface area contributed by atoms with Crippen LogP contribution in [-0.4, -0.2) is 49.2 Å². The van der Waals surface area contributed by atoms with Crippen LogP contribution >= 0.6 is 11.6 Å². The van der Waals surface area contributed by atoms with Gasteiger partial charge in [0.05, 0.1) is 26.8 Å². The lowest BCUT2D eigenvalue weighted by Crippen LogP contribution is -2.40. The number of benzene rings is 1. The summed E-state index contributed by atoms with van der Waals surface area (Å²) in [5.74, 6) is 0.464. The number of halogens is 1. The second-order valence-corrected chi connectivity index (χ2v) is 6.18. The predicted molar refractivity (Wildman–Crippen MR) is 97.2 cm³/mol. The summed E-state index contributed by atoms with van der Waals surface area (Å²) in [6.45, 7) is 0.291. The lowest BCUT2D eigenvalue weighted by Gasteiger charge is -2.23. The van der Waals surface area contributed by atoms with Gasteiger partial charge in [-0.05, 0) is 18.6 Å². The SMILES string of the molecule is COc1cc2cc(C(=O)N3CCC=C(Cl)C3=O)n(C)c2c(OC)c1OC. The number of fused-ring (bicyclic) bond motifs is 1. The van der Waals surface area contributed by atoms with E-state index in [0.717, 1.165) is 10.3 Å². The molecule has 0 saturated heterocycles. The number of aryl methyl sites for hydroxylation is 1. The minimum Gasteiger partial charge on any atom is -0.493 e. The van der Waals surface area contributed by atoms with E-state index in [0.29, 0.717) is 41.4 Å². The van der Waals surface area contributed by atoms with Gasteiger partial charge in [-0.25, -0.2) is 0 Å². The predicted octanol–water partition coefficient (Wildman–Crippen LogP) is 2.70. The van der Waals surface area contributed by atoms with Crippen molar-refractivity contribution >= 4 is 34.3 Å². The molecular weight excluding hydrogens is 360 g/mol. The number of amides is 2. The zero-order chi connectivity index (χ0) is 19.0. The van der Waals surface area contributed by atoms with E-state index in [1.165, 1.54) is 21.3 Å². The van der Waals surface area contributed by atoms with Crippen LogP contribution in [0.2, 0.25) is 0 Å². The van der Waals surface area contributed by atoms with Gasteiger partial charge in [-0.2, -0.15) is 0 Å². The first-order chi connectivity index (χ1) is 12.4. The first-order valence-electron chi connectivity index (χ1n) is 7.94. The topological polar surface area (TPSA) is 70.0 Å². The maximum atomic E-state index is 12.9. The van der Waals surface area contributed by atoms with E-state index < -0.39 is 11.8 Å². The van der Waals surface area contributed by atoms with E-state index in [1.807, 2.05) is 0 Å². The summed E-state index contributed by atoms with van der Waals surface area (Å²) in [6.07, 6.45) is 2.15. The molecule has 1 aromatic carbocycles. The molecule has 0 atom stereocenters. The molecule has 2 heterocycles.